The van der Waals surface area contributed by atoms with Crippen molar-refractivity contribution in [3.63, 3.8) is 0 Å². The van der Waals surface area contributed by atoms with Crippen LogP contribution >= 0.6 is 0 Å². The molecule has 2 amide bonds. The minimum atomic E-state index is -0.0294. The largest absolute Gasteiger partial charge is 0.454 e. The highest BCUT2D eigenvalue weighted by molar-refractivity contribution is 5.91. The fourth-order valence-corrected chi connectivity index (χ4v) is 3.92. The van der Waals surface area contributed by atoms with Crippen molar-refractivity contribution in [2.45, 2.75) is 25.7 Å². The third-order valence-corrected chi connectivity index (χ3v) is 5.74. The van der Waals surface area contributed by atoms with Crippen LogP contribution in [0.1, 0.15) is 24.8 Å². The fraction of sp³-hybridized carbons (Fsp3) is 0.417. The normalized spacial score (nSPS) is 15.7. The van der Waals surface area contributed by atoms with Gasteiger partial charge in [0, 0.05) is 57.3 Å². The van der Waals surface area contributed by atoms with E-state index in [1.165, 1.54) is 5.56 Å². The van der Waals surface area contributed by atoms with Gasteiger partial charge in [-0.1, -0.05) is 30.3 Å². The zero-order valence-electron chi connectivity index (χ0n) is 17.7. The summed E-state index contributed by atoms with van der Waals surface area (Å²) in [4.78, 5) is 29.0. The molecule has 164 valence electrons. The van der Waals surface area contributed by atoms with Crippen molar-refractivity contribution in [3.05, 3.63) is 54.1 Å². The molecule has 0 spiro atoms. The molecule has 4 rings (SSSR count). The number of carbonyl (C=O) groups is 2. The van der Waals surface area contributed by atoms with Crippen LogP contribution in [0.3, 0.4) is 0 Å². The van der Waals surface area contributed by atoms with Crippen LogP contribution in [-0.2, 0) is 16.0 Å². The van der Waals surface area contributed by atoms with Crippen LogP contribution in [0.4, 0.5) is 5.69 Å². The van der Waals surface area contributed by atoms with Gasteiger partial charge in [0.2, 0.25) is 18.6 Å². The van der Waals surface area contributed by atoms with Crippen LogP contribution < -0.4 is 14.8 Å². The lowest BCUT2D eigenvalue weighted by atomic mass is 10.1. The highest BCUT2D eigenvalue weighted by Gasteiger charge is 2.21. The Kier molecular flexibility index (Phi) is 7.04. The highest BCUT2D eigenvalue weighted by atomic mass is 16.7. The number of anilines is 1. The van der Waals surface area contributed by atoms with E-state index in [1.54, 1.807) is 12.1 Å². The second kappa shape index (κ2) is 10.3. The molecule has 0 radical (unpaired) electrons. The van der Waals surface area contributed by atoms with Gasteiger partial charge in [-0.3, -0.25) is 14.5 Å². The van der Waals surface area contributed by atoms with Crippen LogP contribution in [0.5, 0.6) is 11.5 Å². The van der Waals surface area contributed by atoms with E-state index in [4.69, 9.17) is 9.47 Å². The minimum absolute atomic E-state index is 0.0294. The Bertz CT molecular complexity index is 895. The lowest BCUT2D eigenvalue weighted by Crippen LogP contribution is -2.49. The summed E-state index contributed by atoms with van der Waals surface area (Å²) in [5.41, 5.74) is 1.99. The molecular weight excluding hydrogens is 394 g/mol. The highest BCUT2D eigenvalue weighted by Crippen LogP contribution is 2.34. The van der Waals surface area contributed by atoms with Crippen molar-refractivity contribution >= 4 is 17.5 Å². The SMILES string of the molecule is O=C(CCN1CCN(C(=O)CCCc2ccccc2)CC1)Nc1ccc2c(c1)OCO2. The van der Waals surface area contributed by atoms with Gasteiger partial charge in [-0.05, 0) is 30.5 Å². The molecule has 2 heterocycles. The Morgan fingerprint density at radius 1 is 0.903 bits per heavy atom. The molecule has 0 bridgehead atoms. The summed E-state index contributed by atoms with van der Waals surface area (Å²) >= 11 is 0. The molecule has 0 atom stereocenters. The molecule has 0 aliphatic carbocycles. The van der Waals surface area contributed by atoms with E-state index >= 15 is 0 Å². The lowest BCUT2D eigenvalue weighted by molar-refractivity contribution is -0.133. The Labute approximate surface area is 182 Å². The molecule has 2 aliphatic rings. The summed E-state index contributed by atoms with van der Waals surface area (Å²) in [6.45, 7) is 3.98. The third kappa shape index (κ3) is 5.98. The number of nitrogens with zero attached hydrogens (tertiary/aromatic N) is 2. The number of nitrogens with one attached hydrogen (secondary N) is 1. The van der Waals surface area contributed by atoms with Crippen molar-refractivity contribution in [2.24, 2.45) is 0 Å². The third-order valence-electron chi connectivity index (χ3n) is 5.74. The number of rotatable bonds is 8. The molecule has 2 aromatic rings. The molecule has 31 heavy (non-hydrogen) atoms. The molecule has 7 heteroatoms. The standard InChI is InChI=1S/C24H29N3O4/c28-23(25-20-9-10-21-22(17-20)31-18-30-21)11-12-26-13-15-27(16-14-26)24(29)8-4-7-19-5-2-1-3-6-19/h1-3,5-6,9-10,17H,4,7-8,11-16,18H2,(H,25,28). The number of piperazine rings is 1. The van der Waals surface area contributed by atoms with Crippen molar-refractivity contribution in [2.75, 3.05) is 44.8 Å². The number of carbonyl (C=O) groups excluding carboxylic acids is 2. The topological polar surface area (TPSA) is 71.1 Å². The monoisotopic (exact) mass is 423 g/mol. The first-order valence-corrected chi connectivity index (χ1v) is 10.9. The molecule has 1 saturated heterocycles. The first-order chi connectivity index (χ1) is 15.2. The zero-order chi connectivity index (χ0) is 21.5. The van der Waals surface area contributed by atoms with Crippen molar-refractivity contribution in [1.82, 2.24) is 9.80 Å². The van der Waals surface area contributed by atoms with Gasteiger partial charge in [0.05, 0.1) is 0 Å². The van der Waals surface area contributed by atoms with Crippen molar-refractivity contribution in [1.29, 1.82) is 0 Å². The van der Waals surface area contributed by atoms with Gasteiger partial charge >= 0.3 is 0 Å². The van der Waals surface area contributed by atoms with Gasteiger partial charge in [0.15, 0.2) is 11.5 Å². The van der Waals surface area contributed by atoms with Gasteiger partial charge in [-0.15, -0.1) is 0 Å². The van der Waals surface area contributed by atoms with Gasteiger partial charge in [0.25, 0.3) is 0 Å². The molecule has 0 unspecified atom stereocenters. The van der Waals surface area contributed by atoms with E-state index in [1.807, 2.05) is 29.2 Å². The maximum Gasteiger partial charge on any atom is 0.231 e. The summed E-state index contributed by atoms with van der Waals surface area (Å²) in [6.07, 6.45) is 2.82. The van der Waals surface area contributed by atoms with Crippen LogP contribution in [0.2, 0.25) is 0 Å². The Morgan fingerprint density at radius 3 is 2.48 bits per heavy atom. The van der Waals surface area contributed by atoms with Gasteiger partial charge in [-0.2, -0.15) is 0 Å². The molecule has 7 nitrogen and oxygen atoms in total. The number of benzene rings is 2. The van der Waals surface area contributed by atoms with E-state index < -0.39 is 0 Å². The van der Waals surface area contributed by atoms with Gasteiger partial charge in [-0.25, -0.2) is 0 Å². The average molecular weight is 424 g/mol. The smallest absolute Gasteiger partial charge is 0.231 e. The first-order valence-electron chi connectivity index (χ1n) is 10.9. The number of amides is 2. The number of hydrogen-bond acceptors (Lipinski definition) is 5. The maximum atomic E-state index is 12.5. The summed E-state index contributed by atoms with van der Waals surface area (Å²) in [5.74, 6) is 1.56. The van der Waals surface area contributed by atoms with E-state index in [0.29, 0.717) is 36.6 Å². The second-order valence-electron chi connectivity index (χ2n) is 7.93. The Balaban J connectivity index is 1.12. The van der Waals surface area contributed by atoms with Gasteiger partial charge in [0.1, 0.15) is 0 Å². The maximum absolute atomic E-state index is 12.5. The summed E-state index contributed by atoms with van der Waals surface area (Å²) < 4.78 is 10.6. The Morgan fingerprint density at radius 2 is 1.68 bits per heavy atom. The second-order valence-corrected chi connectivity index (χ2v) is 7.93. The quantitative estimate of drug-likeness (QED) is 0.707. The van der Waals surface area contributed by atoms with Gasteiger partial charge < -0.3 is 19.7 Å². The van der Waals surface area contributed by atoms with Crippen LogP contribution in [-0.4, -0.2) is 61.1 Å². The van der Waals surface area contributed by atoms with E-state index in [0.717, 1.165) is 39.0 Å². The van der Waals surface area contributed by atoms with E-state index in [9.17, 15) is 9.59 Å². The van der Waals surface area contributed by atoms with Crippen LogP contribution in [0.15, 0.2) is 48.5 Å². The molecule has 0 saturated carbocycles. The van der Waals surface area contributed by atoms with Crippen LogP contribution in [0, 0.1) is 0 Å². The molecule has 1 N–H and O–H groups in total. The minimum Gasteiger partial charge on any atom is -0.454 e. The first kappa shape index (κ1) is 21.2. The van der Waals surface area contributed by atoms with E-state index in [2.05, 4.69) is 22.3 Å². The summed E-state index contributed by atoms with van der Waals surface area (Å²) in [7, 11) is 0. The summed E-state index contributed by atoms with van der Waals surface area (Å²) in [6, 6.07) is 15.7. The molecule has 2 aromatic carbocycles. The fourth-order valence-electron chi connectivity index (χ4n) is 3.92. The lowest BCUT2D eigenvalue weighted by Gasteiger charge is -2.34. The van der Waals surface area contributed by atoms with Crippen molar-refractivity contribution in [3.8, 4) is 11.5 Å². The molecule has 1 fully saturated rings. The average Bonchev–Trinajstić information content (AvgIpc) is 3.27. The number of ether oxygens (including phenoxy) is 2. The molecule has 2 aliphatic heterocycles. The summed E-state index contributed by atoms with van der Waals surface area (Å²) in [5, 5.41) is 2.91. The predicted octanol–water partition coefficient (Wildman–Crippen LogP) is 2.91. The van der Waals surface area contributed by atoms with Crippen LogP contribution in [0.25, 0.3) is 0 Å². The number of aryl methyl sites for hydroxylation is 1. The molecule has 0 aromatic heterocycles. The number of fused-ring (bicyclic) bond motifs is 1. The number of hydrogen-bond donors (Lipinski definition) is 1. The molecular formula is C24H29N3O4. The zero-order valence-corrected chi connectivity index (χ0v) is 17.7. The Hall–Kier alpha value is -3.06. The predicted molar refractivity (Wildman–Crippen MR) is 118 cm³/mol. The van der Waals surface area contributed by atoms with E-state index in [-0.39, 0.29) is 18.6 Å². The van der Waals surface area contributed by atoms with Crippen molar-refractivity contribution < 1.29 is 19.1 Å².